The van der Waals surface area contributed by atoms with Gasteiger partial charge in [0.05, 0.1) is 0 Å². The second-order valence-electron chi connectivity index (χ2n) is 4.67. The van der Waals surface area contributed by atoms with Gasteiger partial charge in [-0.05, 0) is 31.6 Å². The number of hydrogen-bond donors (Lipinski definition) is 1. The van der Waals surface area contributed by atoms with E-state index in [1.54, 1.807) is 0 Å². The zero-order chi connectivity index (χ0) is 9.84. The van der Waals surface area contributed by atoms with Crippen molar-refractivity contribution in [2.45, 2.75) is 52.0 Å². The number of hydrogen-bond acceptors (Lipinski definition) is 2. The van der Waals surface area contributed by atoms with Gasteiger partial charge in [0.1, 0.15) is 5.78 Å². The van der Waals surface area contributed by atoms with E-state index in [0.29, 0.717) is 11.7 Å². The Balaban J connectivity index is 2.24. The Kier molecular flexibility index (Phi) is 3.91. The summed E-state index contributed by atoms with van der Waals surface area (Å²) >= 11 is 0. The van der Waals surface area contributed by atoms with Gasteiger partial charge in [0.25, 0.3) is 0 Å². The van der Waals surface area contributed by atoms with Crippen molar-refractivity contribution in [3.63, 3.8) is 0 Å². The van der Waals surface area contributed by atoms with E-state index in [9.17, 15) is 4.79 Å². The number of nitrogens with two attached hydrogens (primary N) is 1. The fourth-order valence-corrected chi connectivity index (χ4v) is 1.94. The lowest BCUT2D eigenvalue weighted by molar-refractivity contribution is -0.122. The maximum absolute atomic E-state index is 11.6. The molecule has 2 heteroatoms. The molecule has 2 atom stereocenters. The molecular weight excluding hydrogens is 162 g/mol. The van der Waals surface area contributed by atoms with Crippen LogP contribution in [0.25, 0.3) is 0 Å². The Hall–Kier alpha value is -0.370. The second-order valence-corrected chi connectivity index (χ2v) is 4.67. The predicted molar refractivity (Wildman–Crippen MR) is 54.4 cm³/mol. The summed E-state index contributed by atoms with van der Waals surface area (Å²) in [5, 5.41) is 0. The largest absolute Gasteiger partial charge is 0.328 e. The van der Waals surface area contributed by atoms with Crippen molar-refractivity contribution < 1.29 is 4.79 Å². The first-order valence-electron chi connectivity index (χ1n) is 5.38. The van der Waals surface area contributed by atoms with Crippen LogP contribution in [0.3, 0.4) is 0 Å². The maximum atomic E-state index is 11.6. The SMILES string of the molecule is CC(C)CCC(=O)C1CCC(N)C1. The monoisotopic (exact) mass is 183 g/mol. The molecular formula is C11H21NO. The fraction of sp³-hybridized carbons (Fsp3) is 0.909. The molecule has 0 aromatic heterocycles. The minimum absolute atomic E-state index is 0.285. The Morgan fingerprint density at radius 2 is 2.15 bits per heavy atom. The molecule has 2 N–H and O–H groups in total. The molecule has 2 nitrogen and oxygen atoms in total. The van der Waals surface area contributed by atoms with Crippen LogP contribution in [-0.2, 0) is 4.79 Å². The van der Waals surface area contributed by atoms with Crippen LogP contribution in [-0.4, -0.2) is 11.8 Å². The summed E-state index contributed by atoms with van der Waals surface area (Å²) in [7, 11) is 0. The van der Waals surface area contributed by atoms with Gasteiger partial charge in [-0.3, -0.25) is 4.79 Å². The molecule has 0 aliphatic heterocycles. The zero-order valence-corrected chi connectivity index (χ0v) is 8.75. The van der Waals surface area contributed by atoms with Crippen molar-refractivity contribution >= 4 is 5.78 Å². The molecule has 1 aliphatic carbocycles. The highest BCUT2D eigenvalue weighted by Gasteiger charge is 2.26. The molecule has 0 amide bonds. The van der Waals surface area contributed by atoms with E-state index >= 15 is 0 Å². The molecule has 76 valence electrons. The van der Waals surface area contributed by atoms with Gasteiger partial charge in [-0.2, -0.15) is 0 Å². The van der Waals surface area contributed by atoms with E-state index in [4.69, 9.17) is 5.73 Å². The normalized spacial score (nSPS) is 28.3. The third-order valence-electron chi connectivity index (χ3n) is 2.90. The first-order valence-corrected chi connectivity index (χ1v) is 5.38. The lowest BCUT2D eigenvalue weighted by atomic mass is 9.95. The van der Waals surface area contributed by atoms with E-state index < -0.39 is 0 Å². The number of rotatable bonds is 4. The van der Waals surface area contributed by atoms with Crippen molar-refractivity contribution in [2.24, 2.45) is 17.6 Å². The molecule has 1 aliphatic rings. The molecule has 0 radical (unpaired) electrons. The van der Waals surface area contributed by atoms with Crippen LogP contribution in [0, 0.1) is 11.8 Å². The van der Waals surface area contributed by atoms with E-state index in [-0.39, 0.29) is 12.0 Å². The first-order chi connectivity index (χ1) is 6.09. The van der Waals surface area contributed by atoms with Crippen LogP contribution in [0.1, 0.15) is 46.0 Å². The highest BCUT2D eigenvalue weighted by Crippen LogP contribution is 2.26. The molecule has 13 heavy (non-hydrogen) atoms. The van der Waals surface area contributed by atoms with Gasteiger partial charge in [0.2, 0.25) is 0 Å². The number of carbonyl (C=O) groups is 1. The van der Waals surface area contributed by atoms with E-state index in [1.165, 1.54) is 0 Å². The maximum Gasteiger partial charge on any atom is 0.136 e. The van der Waals surface area contributed by atoms with Crippen molar-refractivity contribution in [3.8, 4) is 0 Å². The van der Waals surface area contributed by atoms with Gasteiger partial charge in [0, 0.05) is 18.4 Å². The van der Waals surface area contributed by atoms with Crippen molar-refractivity contribution in [1.82, 2.24) is 0 Å². The summed E-state index contributed by atoms with van der Waals surface area (Å²) in [6.45, 7) is 4.32. The summed E-state index contributed by atoms with van der Waals surface area (Å²) in [6.07, 6.45) is 4.78. The lowest BCUT2D eigenvalue weighted by Gasteiger charge is -2.09. The van der Waals surface area contributed by atoms with Gasteiger partial charge in [-0.25, -0.2) is 0 Å². The predicted octanol–water partition coefficient (Wildman–Crippen LogP) is 2.12. The summed E-state index contributed by atoms with van der Waals surface area (Å²) in [4.78, 5) is 11.6. The second kappa shape index (κ2) is 4.75. The van der Waals surface area contributed by atoms with Gasteiger partial charge in [-0.1, -0.05) is 13.8 Å². The smallest absolute Gasteiger partial charge is 0.136 e. The first kappa shape index (κ1) is 10.7. The van der Waals surface area contributed by atoms with Crippen LogP contribution in [0.5, 0.6) is 0 Å². The zero-order valence-electron chi connectivity index (χ0n) is 8.75. The quantitative estimate of drug-likeness (QED) is 0.725. The van der Waals surface area contributed by atoms with Gasteiger partial charge < -0.3 is 5.73 Å². The number of ketones is 1. The van der Waals surface area contributed by atoms with Crippen LogP contribution in [0.15, 0.2) is 0 Å². The lowest BCUT2D eigenvalue weighted by Crippen LogP contribution is -2.18. The fourth-order valence-electron chi connectivity index (χ4n) is 1.94. The Labute approximate surface area is 80.9 Å². The topological polar surface area (TPSA) is 43.1 Å². The average molecular weight is 183 g/mol. The molecule has 1 rings (SSSR count). The molecule has 0 saturated heterocycles. The molecule has 0 spiro atoms. The Morgan fingerprint density at radius 3 is 2.62 bits per heavy atom. The summed E-state index contributed by atoms with van der Waals surface area (Å²) < 4.78 is 0. The third-order valence-corrected chi connectivity index (χ3v) is 2.90. The molecule has 0 heterocycles. The minimum Gasteiger partial charge on any atom is -0.328 e. The van der Waals surface area contributed by atoms with Crippen molar-refractivity contribution in [3.05, 3.63) is 0 Å². The number of Topliss-reactive ketones (excluding diaryl/α,β-unsaturated/α-hetero) is 1. The highest BCUT2D eigenvalue weighted by molar-refractivity contribution is 5.81. The van der Waals surface area contributed by atoms with Crippen LogP contribution < -0.4 is 5.73 Å². The molecule has 0 aromatic rings. The molecule has 1 fully saturated rings. The number of carbonyl (C=O) groups excluding carboxylic acids is 1. The summed E-state index contributed by atoms with van der Waals surface area (Å²) in [5.41, 5.74) is 5.77. The standard InChI is InChI=1S/C11H21NO/c1-8(2)3-6-11(13)9-4-5-10(12)7-9/h8-10H,3-7,12H2,1-2H3. The van der Waals surface area contributed by atoms with Crippen LogP contribution in [0.2, 0.25) is 0 Å². The van der Waals surface area contributed by atoms with Gasteiger partial charge >= 0.3 is 0 Å². The Bertz CT molecular complexity index is 177. The van der Waals surface area contributed by atoms with E-state index in [0.717, 1.165) is 32.1 Å². The van der Waals surface area contributed by atoms with Crippen LogP contribution in [0.4, 0.5) is 0 Å². The van der Waals surface area contributed by atoms with Crippen molar-refractivity contribution in [2.75, 3.05) is 0 Å². The highest BCUT2D eigenvalue weighted by atomic mass is 16.1. The van der Waals surface area contributed by atoms with Crippen molar-refractivity contribution in [1.29, 1.82) is 0 Å². The summed E-state index contributed by atoms with van der Waals surface area (Å²) in [6, 6.07) is 0.285. The van der Waals surface area contributed by atoms with E-state index in [1.807, 2.05) is 0 Å². The van der Waals surface area contributed by atoms with E-state index in [2.05, 4.69) is 13.8 Å². The minimum atomic E-state index is 0.285. The molecule has 2 unspecified atom stereocenters. The van der Waals surface area contributed by atoms with Gasteiger partial charge in [-0.15, -0.1) is 0 Å². The molecule has 0 aromatic carbocycles. The third kappa shape index (κ3) is 3.47. The molecule has 1 saturated carbocycles. The average Bonchev–Trinajstić information content (AvgIpc) is 2.47. The summed E-state index contributed by atoms with van der Waals surface area (Å²) in [5.74, 6) is 1.37. The van der Waals surface area contributed by atoms with Gasteiger partial charge in [0.15, 0.2) is 0 Å². The Morgan fingerprint density at radius 1 is 1.46 bits per heavy atom. The van der Waals surface area contributed by atoms with Crippen LogP contribution >= 0.6 is 0 Å². The molecule has 0 bridgehead atoms.